The number of benzene rings is 2. The van der Waals surface area contributed by atoms with E-state index in [1.54, 1.807) is 0 Å². The summed E-state index contributed by atoms with van der Waals surface area (Å²) in [6, 6.07) is 15.1. The fourth-order valence-electron chi connectivity index (χ4n) is 3.77. The lowest BCUT2D eigenvalue weighted by atomic mass is 10.2. The Morgan fingerprint density at radius 3 is 2.41 bits per heavy atom. The first-order valence-electron chi connectivity index (χ1n) is 11.3. The largest absolute Gasteiger partial charge is 0.378 e. The molecule has 1 unspecified atom stereocenters. The lowest BCUT2D eigenvalue weighted by molar-refractivity contribution is -0.123. The van der Waals surface area contributed by atoms with Crippen molar-refractivity contribution in [2.24, 2.45) is 0 Å². The third-order valence-corrected chi connectivity index (χ3v) is 5.71. The van der Waals surface area contributed by atoms with Crippen LogP contribution in [-0.2, 0) is 14.3 Å². The maximum absolute atomic E-state index is 12.9. The number of para-hydroxylation sites is 1. The normalized spacial score (nSPS) is 14.8. The number of amides is 2. The molecule has 0 aliphatic carbocycles. The summed E-state index contributed by atoms with van der Waals surface area (Å²) < 4.78 is 5.40. The first-order chi connectivity index (χ1) is 15.5. The van der Waals surface area contributed by atoms with Gasteiger partial charge in [-0.05, 0) is 62.7 Å². The topological polar surface area (TPSA) is 73.9 Å². The van der Waals surface area contributed by atoms with E-state index in [4.69, 9.17) is 4.74 Å². The maximum atomic E-state index is 12.9. The van der Waals surface area contributed by atoms with Crippen molar-refractivity contribution in [1.82, 2.24) is 4.90 Å². The van der Waals surface area contributed by atoms with Crippen LogP contribution in [0.2, 0.25) is 0 Å². The molecule has 32 heavy (non-hydrogen) atoms. The van der Waals surface area contributed by atoms with Crippen LogP contribution in [0.25, 0.3) is 0 Å². The zero-order valence-electron chi connectivity index (χ0n) is 19.3. The van der Waals surface area contributed by atoms with Crippen LogP contribution in [0.5, 0.6) is 0 Å². The van der Waals surface area contributed by atoms with Crippen LogP contribution in [0.15, 0.2) is 48.5 Å². The third kappa shape index (κ3) is 6.55. The number of hydrogen-bond donors (Lipinski definition) is 2. The molecule has 2 aromatic carbocycles. The van der Waals surface area contributed by atoms with Gasteiger partial charge in [0.05, 0.1) is 25.8 Å². The van der Waals surface area contributed by atoms with Gasteiger partial charge >= 0.3 is 0 Å². The number of nitrogens with zero attached hydrogens (tertiary/aromatic N) is 2. The van der Waals surface area contributed by atoms with Crippen LogP contribution in [0.4, 0.5) is 17.1 Å². The highest BCUT2D eigenvalue weighted by atomic mass is 16.5. The SMILES string of the molecule is CCCN(CC(=O)Nc1ccccc1C)C(C)C(=O)Nc1ccc(N2CCOCC2)cc1. The van der Waals surface area contributed by atoms with Gasteiger partial charge in [-0.3, -0.25) is 14.5 Å². The number of aryl methyl sites for hydroxylation is 1. The molecule has 1 aliphatic rings. The molecule has 1 aliphatic heterocycles. The predicted octanol–water partition coefficient (Wildman–Crippen LogP) is 3.51. The number of carbonyl (C=O) groups is 2. The van der Waals surface area contributed by atoms with E-state index in [1.165, 1.54) is 0 Å². The zero-order valence-corrected chi connectivity index (χ0v) is 19.3. The molecule has 0 radical (unpaired) electrons. The molecule has 2 N–H and O–H groups in total. The van der Waals surface area contributed by atoms with E-state index in [0.717, 1.165) is 55.3 Å². The molecule has 3 rings (SSSR count). The zero-order chi connectivity index (χ0) is 22.9. The number of morpholine rings is 1. The molecular weight excluding hydrogens is 404 g/mol. The summed E-state index contributed by atoms with van der Waals surface area (Å²) >= 11 is 0. The lowest BCUT2D eigenvalue weighted by Gasteiger charge is -2.29. The Labute approximate surface area is 190 Å². The molecule has 0 spiro atoms. The molecule has 2 aromatic rings. The van der Waals surface area contributed by atoms with Crippen molar-refractivity contribution in [2.75, 3.05) is 54.9 Å². The summed E-state index contributed by atoms with van der Waals surface area (Å²) in [5, 5.41) is 5.94. The van der Waals surface area contributed by atoms with Crippen LogP contribution in [0, 0.1) is 6.92 Å². The first-order valence-corrected chi connectivity index (χ1v) is 11.3. The van der Waals surface area contributed by atoms with Crippen LogP contribution in [0.1, 0.15) is 25.8 Å². The molecule has 1 atom stereocenters. The molecular formula is C25H34N4O3. The second-order valence-electron chi connectivity index (χ2n) is 8.15. The third-order valence-electron chi connectivity index (χ3n) is 5.71. The molecule has 7 heteroatoms. The van der Waals surface area contributed by atoms with Gasteiger partial charge in [0.15, 0.2) is 0 Å². The Bertz CT molecular complexity index is 894. The van der Waals surface area contributed by atoms with Gasteiger partial charge in [-0.15, -0.1) is 0 Å². The smallest absolute Gasteiger partial charge is 0.241 e. The van der Waals surface area contributed by atoms with Gasteiger partial charge in [-0.2, -0.15) is 0 Å². The maximum Gasteiger partial charge on any atom is 0.241 e. The number of carbonyl (C=O) groups excluding carboxylic acids is 2. The van der Waals surface area contributed by atoms with E-state index in [9.17, 15) is 9.59 Å². The molecule has 0 aromatic heterocycles. The van der Waals surface area contributed by atoms with Gasteiger partial charge < -0.3 is 20.3 Å². The average molecular weight is 439 g/mol. The number of ether oxygens (including phenoxy) is 1. The van der Waals surface area contributed by atoms with Crippen LogP contribution in [0.3, 0.4) is 0 Å². The second-order valence-corrected chi connectivity index (χ2v) is 8.15. The number of nitrogens with one attached hydrogen (secondary N) is 2. The van der Waals surface area contributed by atoms with Gasteiger partial charge in [0.25, 0.3) is 0 Å². The molecule has 0 bridgehead atoms. The van der Waals surface area contributed by atoms with Crippen molar-refractivity contribution < 1.29 is 14.3 Å². The minimum absolute atomic E-state index is 0.123. The molecule has 1 fully saturated rings. The molecule has 0 saturated carbocycles. The lowest BCUT2D eigenvalue weighted by Crippen LogP contribution is -2.46. The summed E-state index contributed by atoms with van der Waals surface area (Å²) in [7, 11) is 0. The molecule has 2 amide bonds. The highest BCUT2D eigenvalue weighted by Crippen LogP contribution is 2.19. The predicted molar refractivity (Wildman–Crippen MR) is 129 cm³/mol. The quantitative estimate of drug-likeness (QED) is 0.627. The standard InChI is InChI=1S/C25H34N4O3/c1-4-13-29(18-24(30)27-23-8-6-5-7-19(23)2)20(3)25(31)26-21-9-11-22(12-10-21)28-14-16-32-17-15-28/h5-12,20H,4,13-18H2,1-3H3,(H,26,31)(H,27,30). The Hall–Kier alpha value is -2.90. The van der Waals surface area contributed by atoms with E-state index in [-0.39, 0.29) is 18.4 Å². The Balaban J connectivity index is 1.57. The molecule has 172 valence electrons. The van der Waals surface area contributed by atoms with Gasteiger partial charge in [-0.1, -0.05) is 25.1 Å². The summed E-state index contributed by atoms with van der Waals surface area (Å²) in [5.41, 5.74) is 3.68. The second kappa shape index (κ2) is 11.6. The monoisotopic (exact) mass is 438 g/mol. The van der Waals surface area contributed by atoms with Crippen molar-refractivity contribution in [1.29, 1.82) is 0 Å². The van der Waals surface area contributed by atoms with Crippen molar-refractivity contribution in [3.05, 3.63) is 54.1 Å². The van der Waals surface area contributed by atoms with Gasteiger partial charge in [-0.25, -0.2) is 0 Å². The minimum atomic E-state index is -0.434. The molecule has 1 heterocycles. The number of anilines is 3. The fraction of sp³-hybridized carbons (Fsp3) is 0.440. The van der Waals surface area contributed by atoms with Crippen molar-refractivity contribution in [3.8, 4) is 0 Å². The van der Waals surface area contributed by atoms with E-state index < -0.39 is 6.04 Å². The summed E-state index contributed by atoms with van der Waals surface area (Å²) in [5.74, 6) is -0.247. The van der Waals surface area contributed by atoms with Crippen LogP contribution >= 0.6 is 0 Å². The van der Waals surface area contributed by atoms with Crippen molar-refractivity contribution in [2.45, 2.75) is 33.2 Å². The van der Waals surface area contributed by atoms with Crippen LogP contribution in [-0.4, -0.2) is 62.1 Å². The highest BCUT2D eigenvalue weighted by Gasteiger charge is 2.23. The van der Waals surface area contributed by atoms with E-state index in [1.807, 2.05) is 74.2 Å². The highest BCUT2D eigenvalue weighted by molar-refractivity contribution is 5.96. The summed E-state index contributed by atoms with van der Waals surface area (Å²) in [6.07, 6.45) is 0.851. The Morgan fingerprint density at radius 2 is 1.75 bits per heavy atom. The van der Waals surface area contributed by atoms with Crippen LogP contribution < -0.4 is 15.5 Å². The van der Waals surface area contributed by atoms with Gasteiger partial charge in [0.1, 0.15) is 0 Å². The first kappa shape index (κ1) is 23.8. The Morgan fingerprint density at radius 1 is 1.06 bits per heavy atom. The molecule has 7 nitrogen and oxygen atoms in total. The summed E-state index contributed by atoms with van der Waals surface area (Å²) in [6.45, 7) is 9.88. The van der Waals surface area contributed by atoms with Gasteiger partial charge in [0, 0.05) is 30.2 Å². The summed E-state index contributed by atoms with van der Waals surface area (Å²) in [4.78, 5) is 29.7. The molecule has 1 saturated heterocycles. The van der Waals surface area contributed by atoms with Crippen molar-refractivity contribution in [3.63, 3.8) is 0 Å². The van der Waals surface area contributed by atoms with E-state index >= 15 is 0 Å². The average Bonchev–Trinajstić information content (AvgIpc) is 2.81. The fourth-order valence-corrected chi connectivity index (χ4v) is 3.77. The van der Waals surface area contributed by atoms with E-state index in [0.29, 0.717) is 6.54 Å². The van der Waals surface area contributed by atoms with Gasteiger partial charge in [0.2, 0.25) is 11.8 Å². The number of rotatable bonds is 9. The van der Waals surface area contributed by atoms with Crippen molar-refractivity contribution >= 4 is 28.9 Å². The minimum Gasteiger partial charge on any atom is -0.378 e. The Kier molecular flexibility index (Phi) is 8.64. The van der Waals surface area contributed by atoms with E-state index in [2.05, 4.69) is 15.5 Å². The number of hydrogen-bond acceptors (Lipinski definition) is 5.